The van der Waals surface area contributed by atoms with Crippen LogP contribution in [0.25, 0.3) is 11.3 Å². The fourth-order valence-electron chi connectivity index (χ4n) is 3.01. The van der Waals surface area contributed by atoms with Crippen LogP contribution in [0, 0.1) is 13.8 Å². The second kappa shape index (κ2) is 7.53. The first-order valence-corrected chi connectivity index (χ1v) is 8.38. The highest BCUT2D eigenvalue weighted by Crippen LogP contribution is 2.40. The Balaban J connectivity index is 1.98. The minimum atomic E-state index is 0.538. The lowest BCUT2D eigenvalue weighted by Crippen LogP contribution is -2.00. The van der Waals surface area contributed by atoms with Gasteiger partial charge in [0.2, 0.25) is 5.75 Å². The van der Waals surface area contributed by atoms with Crippen LogP contribution < -0.4 is 19.5 Å². The van der Waals surface area contributed by atoms with Crippen LogP contribution in [0.1, 0.15) is 11.4 Å². The number of nitrogens with zero attached hydrogens (tertiary/aromatic N) is 4. The maximum absolute atomic E-state index is 5.40. The molecule has 3 rings (SSSR count). The third-order valence-electron chi connectivity index (χ3n) is 4.37. The van der Waals surface area contributed by atoms with E-state index in [1.54, 1.807) is 21.3 Å². The molecule has 0 bridgehead atoms. The number of methoxy groups -OCH3 is 3. The van der Waals surface area contributed by atoms with Gasteiger partial charge in [-0.05, 0) is 13.8 Å². The molecular formula is C19H23N5O3. The van der Waals surface area contributed by atoms with Gasteiger partial charge in [0, 0.05) is 42.2 Å². The van der Waals surface area contributed by atoms with Crippen molar-refractivity contribution in [3.05, 3.63) is 35.9 Å². The quantitative estimate of drug-likeness (QED) is 0.714. The maximum Gasteiger partial charge on any atom is 0.203 e. The van der Waals surface area contributed by atoms with Gasteiger partial charge in [0.1, 0.15) is 12.1 Å². The summed E-state index contributed by atoms with van der Waals surface area (Å²) >= 11 is 0. The predicted octanol–water partition coefficient (Wildman–Crippen LogP) is 3.26. The van der Waals surface area contributed by atoms with E-state index in [-0.39, 0.29) is 0 Å². The molecule has 0 radical (unpaired) electrons. The van der Waals surface area contributed by atoms with Crippen molar-refractivity contribution in [1.82, 2.24) is 19.7 Å². The Morgan fingerprint density at radius 3 is 2.11 bits per heavy atom. The normalized spacial score (nSPS) is 10.6. The zero-order valence-electron chi connectivity index (χ0n) is 16.3. The summed E-state index contributed by atoms with van der Waals surface area (Å²) < 4.78 is 18.0. The number of aromatic nitrogens is 4. The van der Waals surface area contributed by atoms with Gasteiger partial charge in [-0.2, -0.15) is 5.10 Å². The topological polar surface area (TPSA) is 83.3 Å². The van der Waals surface area contributed by atoms with E-state index in [1.807, 2.05) is 43.8 Å². The molecule has 0 saturated heterocycles. The molecule has 0 saturated carbocycles. The van der Waals surface area contributed by atoms with Crippen molar-refractivity contribution in [3.8, 4) is 28.5 Å². The summed E-state index contributed by atoms with van der Waals surface area (Å²) in [6.45, 7) is 3.99. The fourth-order valence-corrected chi connectivity index (χ4v) is 3.01. The molecule has 142 valence electrons. The molecule has 8 nitrogen and oxygen atoms in total. The molecule has 0 unspecified atom stereocenters. The summed E-state index contributed by atoms with van der Waals surface area (Å²) in [6, 6.07) is 5.54. The highest BCUT2D eigenvalue weighted by molar-refractivity contribution is 5.71. The van der Waals surface area contributed by atoms with Gasteiger partial charge in [0.15, 0.2) is 11.5 Å². The molecule has 0 aliphatic heterocycles. The van der Waals surface area contributed by atoms with Gasteiger partial charge in [-0.15, -0.1) is 0 Å². The molecule has 8 heteroatoms. The number of benzene rings is 1. The van der Waals surface area contributed by atoms with Crippen LogP contribution in [-0.4, -0.2) is 41.1 Å². The molecule has 0 fully saturated rings. The van der Waals surface area contributed by atoms with Gasteiger partial charge < -0.3 is 19.5 Å². The predicted molar refractivity (Wildman–Crippen MR) is 103 cm³/mol. The molecule has 2 heterocycles. The second-order valence-electron chi connectivity index (χ2n) is 6.00. The first kappa shape index (κ1) is 18.5. The minimum Gasteiger partial charge on any atom is -0.493 e. The van der Waals surface area contributed by atoms with Crippen LogP contribution >= 0.6 is 0 Å². The molecule has 0 amide bonds. The monoisotopic (exact) mass is 369 g/mol. The second-order valence-corrected chi connectivity index (χ2v) is 6.00. The molecular weight excluding hydrogens is 346 g/mol. The largest absolute Gasteiger partial charge is 0.493 e. The third kappa shape index (κ3) is 3.51. The summed E-state index contributed by atoms with van der Waals surface area (Å²) in [5.41, 5.74) is 4.54. The Bertz CT molecular complexity index is 943. The van der Waals surface area contributed by atoms with E-state index < -0.39 is 0 Å². The Labute approximate surface area is 158 Å². The van der Waals surface area contributed by atoms with Crippen LogP contribution in [0.15, 0.2) is 24.5 Å². The molecule has 27 heavy (non-hydrogen) atoms. The van der Waals surface area contributed by atoms with Gasteiger partial charge in [-0.1, -0.05) is 0 Å². The first-order chi connectivity index (χ1) is 13.0. The van der Waals surface area contributed by atoms with E-state index in [2.05, 4.69) is 20.4 Å². The van der Waals surface area contributed by atoms with Crippen molar-refractivity contribution in [3.63, 3.8) is 0 Å². The standard InChI is InChI=1S/C19H23N5O3/c1-11-18(12(2)24(3)23-11)14-9-17(21-10-20-14)22-13-7-15(25-4)19(27-6)16(8-13)26-5/h7-10H,1-6H3,(H,20,21,22). The number of nitrogens with one attached hydrogen (secondary N) is 1. The van der Waals surface area contributed by atoms with E-state index in [0.717, 1.165) is 28.3 Å². The number of ether oxygens (including phenoxy) is 3. The number of rotatable bonds is 6. The lowest BCUT2D eigenvalue weighted by Gasteiger charge is -2.15. The SMILES string of the molecule is COc1cc(Nc2cc(-c3c(C)nn(C)c3C)ncn2)cc(OC)c1OC. The van der Waals surface area contributed by atoms with Gasteiger partial charge >= 0.3 is 0 Å². The van der Waals surface area contributed by atoms with Crippen LogP contribution in [0.5, 0.6) is 17.2 Å². The van der Waals surface area contributed by atoms with Gasteiger partial charge in [0.25, 0.3) is 0 Å². The fraction of sp³-hybridized carbons (Fsp3) is 0.316. The van der Waals surface area contributed by atoms with E-state index in [0.29, 0.717) is 23.1 Å². The van der Waals surface area contributed by atoms with Crippen LogP contribution in [-0.2, 0) is 7.05 Å². The van der Waals surface area contributed by atoms with E-state index >= 15 is 0 Å². The Kier molecular flexibility index (Phi) is 5.16. The van der Waals surface area contributed by atoms with Gasteiger partial charge in [0.05, 0.1) is 32.7 Å². The summed E-state index contributed by atoms with van der Waals surface area (Å²) in [7, 11) is 6.65. The van der Waals surface area contributed by atoms with Crippen molar-refractivity contribution in [2.45, 2.75) is 13.8 Å². The molecule has 1 aromatic carbocycles. The molecule has 1 N–H and O–H groups in total. The molecule has 3 aromatic rings. The average Bonchev–Trinajstić information content (AvgIpc) is 2.92. The summed E-state index contributed by atoms with van der Waals surface area (Å²) in [5.74, 6) is 2.31. The van der Waals surface area contributed by atoms with Gasteiger partial charge in [-0.25, -0.2) is 9.97 Å². The van der Waals surface area contributed by atoms with E-state index in [4.69, 9.17) is 14.2 Å². The van der Waals surface area contributed by atoms with Crippen LogP contribution in [0.3, 0.4) is 0 Å². The maximum atomic E-state index is 5.40. The summed E-state index contributed by atoms with van der Waals surface area (Å²) in [5, 5.41) is 7.72. The first-order valence-electron chi connectivity index (χ1n) is 8.38. The Hall–Kier alpha value is -3.29. The van der Waals surface area contributed by atoms with Crippen molar-refractivity contribution in [1.29, 1.82) is 0 Å². The highest BCUT2D eigenvalue weighted by atomic mass is 16.5. The molecule has 2 aromatic heterocycles. The minimum absolute atomic E-state index is 0.538. The van der Waals surface area contributed by atoms with E-state index in [1.165, 1.54) is 6.33 Å². The number of aryl methyl sites for hydroxylation is 2. The lowest BCUT2D eigenvalue weighted by molar-refractivity contribution is 0.324. The lowest BCUT2D eigenvalue weighted by atomic mass is 10.1. The van der Waals surface area contributed by atoms with Crippen molar-refractivity contribution < 1.29 is 14.2 Å². The smallest absolute Gasteiger partial charge is 0.203 e. The molecule has 0 atom stereocenters. The number of hydrogen-bond donors (Lipinski definition) is 1. The Morgan fingerprint density at radius 2 is 1.59 bits per heavy atom. The summed E-state index contributed by atoms with van der Waals surface area (Å²) in [4.78, 5) is 8.72. The zero-order valence-corrected chi connectivity index (χ0v) is 16.3. The van der Waals surface area contributed by atoms with Crippen LogP contribution in [0.4, 0.5) is 11.5 Å². The number of anilines is 2. The summed E-state index contributed by atoms with van der Waals surface area (Å²) in [6.07, 6.45) is 1.53. The van der Waals surface area contributed by atoms with Crippen LogP contribution in [0.2, 0.25) is 0 Å². The average molecular weight is 369 g/mol. The van der Waals surface area contributed by atoms with Gasteiger partial charge in [-0.3, -0.25) is 4.68 Å². The third-order valence-corrected chi connectivity index (χ3v) is 4.37. The molecule has 0 spiro atoms. The zero-order chi connectivity index (χ0) is 19.6. The Morgan fingerprint density at radius 1 is 0.926 bits per heavy atom. The van der Waals surface area contributed by atoms with Crippen molar-refractivity contribution in [2.75, 3.05) is 26.6 Å². The van der Waals surface area contributed by atoms with E-state index in [9.17, 15) is 0 Å². The van der Waals surface area contributed by atoms with Crippen molar-refractivity contribution in [2.24, 2.45) is 7.05 Å². The molecule has 0 aliphatic carbocycles. The number of hydrogen-bond acceptors (Lipinski definition) is 7. The van der Waals surface area contributed by atoms with Crippen molar-refractivity contribution >= 4 is 11.5 Å². The molecule has 0 aliphatic rings. The highest BCUT2D eigenvalue weighted by Gasteiger charge is 2.16.